The summed E-state index contributed by atoms with van der Waals surface area (Å²) in [5.41, 5.74) is 1.09. The maximum Gasteiger partial charge on any atom is 0.271 e. The number of benzene rings is 2. The minimum absolute atomic E-state index is 0.0622. The van der Waals surface area contributed by atoms with Gasteiger partial charge in [-0.1, -0.05) is 6.07 Å². The molecule has 0 spiro atoms. The number of carbonyl (C=O) groups is 1. The summed E-state index contributed by atoms with van der Waals surface area (Å²) in [4.78, 5) is 27.6. The number of anilines is 1. The molecule has 6 aromatic rings. The van der Waals surface area contributed by atoms with Gasteiger partial charge in [0.05, 0.1) is 12.8 Å². The van der Waals surface area contributed by atoms with Crippen molar-refractivity contribution < 1.29 is 23.0 Å². The van der Waals surface area contributed by atoms with Gasteiger partial charge in [-0.25, -0.2) is 13.3 Å². The first-order valence-corrected chi connectivity index (χ1v) is 13.7. The summed E-state index contributed by atoms with van der Waals surface area (Å²) in [6.07, 6.45) is 4.80. The molecule has 4 heterocycles. The van der Waals surface area contributed by atoms with Gasteiger partial charge < -0.3 is 14.8 Å². The Balaban J connectivity index is 1.29. The lowest BCUT2D eigenvalue weighted by molar-refractivity contribution is 0.102. The Kier molecular flexibility index (Phi) is 7.24. The van der Waals surface area contributed by atoms with Crippen LogP contribution in [0.3, 0.4) is 0 Å². The zero-order valence-corrected chi connectivity index (χ0v) is 22.9. The molecule has 0 aliphatic heterocycles. The number of hydrogen-bond acceptors (Lipinski definition) is 6. The number of fused-ring (bicyclic) bond motifs is 1. The quantitative estimate of drug-likeness (QED) is 0.210. The van der Waals surface area contributed by atoms with E-state index in [9.17, 15) is 14.0 Å². The van der Waals surface area contributed by atoms with E-state index in [0.717, 1.165) is 16.5 Å². The highest BCUT2D eigenvalue weighted by molar-refractivity contribution is 7.13. The lowest BCUT2D eigenvalue weighted by Gasteiger charge is -2.14. The van der Waals surface area contributed by atoms with E-state index in [1.54, 1.807) is 41.2 Å². The molecule has 42 heavy (non-hydrogen) atoms. The van der Waals surface area contributed by atoms with Crippen molar-refractivity contribution in [1.29, 1.82) is 0 Å². The van der Waals surface area contributed by atoms with Gasteiger partial charge in [0.25, 0.3) is 11.5 Å². The number of rotatable bonds is 8. The van der Waals surface area contributed by atoms with E-state index in [0.29, 0.717) is 17.0 Å². The van der Waals surface area contributed by atoms with Crippen LogP contribution in [0.15, 0.2) is 102 Å². The summed E-state index contributed by atoms with van der Waals surface area (Å²) in [7, 11) is 0. The molecule has 4 aromatic heterocycles. The van der Waals surface area contributed by atoms with Gasteiger partial charge in [0.15, 0.2) is 17.3 Å². The van der Waals surface area contributed by atoms with Crippen LogP contribution in [0, 0.1) is 11.6 Å². The van der Waals surface area contributed by atoms with Crippen LogP contribution in [-0.2, 0) is 0 Å². The van der Waals surface area contributed by atoms with Crippen molar-refractivity contribution in [3.05, 3.63) is 124 Å². The molecular formula is C31H22F2N4O4S. The molecule has 1 amide bonds. The molecule has 0 unspecified atom stereocenters. The van der Waals surface area contributed by atoms with Crippen molar-refractivity contribution in [3.8, 4) is 33.4 Å². The molecule has 0 fully saturated rings. The highest BCUT2D eigenvalue weighted by atomic mass is 32.1. The van der Waals surface area contributed by atoms with E-state index in [1.807, 2.05) is 23.6 Å². The van der Waals surface area contributed by atoms with Crippen LogP contribution in [0.1, 0.15) is 17.3 Å². The summed E-state index contributed by atoms with van der Waals surface area (Å²) in [6, 6.07) is 18.2. The number of halogens is 2. The third-order valence-corrected chi connectivity index (χ3v) is 7.30. The minimum atomic E-state index is -0.794. The summed E-state index contributed by atoms with van der Waals surface area (Å²) >= 11 is 1.57. The number of nitrogens with one attached hydrogen (secondary N) is 1. The van der Waals surface area contributed by atoms with Crippen LogP contribution in [-0.4, -0.2) is 26.7 Å². The van der Waals surface area contributed by atoms with Gasteiger partial charge in [0, 0.05) is 46.3 Å². The van der Waals surface area contributed by atoms with E-state index in [-0.39, 0.29) is 29.4 Å². The lowest BCUT2D eigenvalue weighted by Crippen LogP contribution is -2.29. The van der Waals surface area contributed by atoms with Crippen LogP contribution in [0.4, 0.5) is 14.5 Å². The summed E-state index contributed by atoms with van der Waals surface area (Å²) in [5.74, 6) is -1.58. The van der Waals surface area contributed by atoms with E-state index in [4.69, 9.17) is 9.47 Å². The standard InChI is InChI=1S/C31H22F2N4O4S/c1-2-40-25-13-15-36(21-8-5-19(32)6-9-21)31(39)28(25)30(38)35-20-7-10-24(23(33)18-20)41-26-11-14-34-37-16-12-22(29(26)37)27-4-3-17-42-27/h3-18H,2H2,1H3,(H,35,38). The molecule has 6 rings (SSSR count). The molecule has 1 N–H and O–H groups in total. The zero-order valence-electron chi connectivity index (χ0n) is 22.1. The molecule has 0 atom stereocenters. The Labute approximate surface area is 242 Å². The number of carbonyl (C=O) groups excluding carboxylic acids is 1. The van der Waals surface area contributed by atoms with Crippen molar-refractivity contribution in [2.75, 3.05) is 11.9 Å². The SMILES string of the molecule is CCOc1ccn(-c2ccc(F)cc2)c(=O)c1C(=O)Nc1ccc(Oc2ccnn3ccc(-c4cccs4)c23)c(F)c1. The Morgan fingerprint density at radius 2 is 1.81 bits per heavy atom. The molecule has 0 aliphatic carbocycles. The average molecular weight is 585 g/mol. The predicted octanol–water partition coefficient (Wildman–Crippen LogP) is 6.94. The van der Waals surface area contributed by atoms with Crippen LogP contribution in [0.2, 0.25) is 0 Å². The number of amides is 1. The number of ether oxygens (including phenoxy) is 2. The third-order valence-electron chi connectivity index (χ3n) is 6.40. The van der Waals surface area contributed by atoms with Crippen molar-refractivity contribution in [1.82, 2.24) is 14.2 Å². The molecular weight excluding hydrogens is 562 g/mol. The van der Waals surface area contributed by atoms with Crippen LogP contribution >= 0.6 is 11.3 Å². The molecule has 8 nitrogen and oxygen atoms in total. The normalized spacial score (nSPS) is 11.0. The molecule has 2 aromatic carbocycles. The smallest absolute Gasteiger partial charge is 0.271 e. The van der Waals surface area contributed by atoms with Crippen molar-refractivity contribution in [2.24, 2.45) is 0 Å². The molecule has 11 heteroatoms. The Morgan fingerprint density at radius 1 is 0.976 bits per heavy atom. The van der Waals surface area contributed by atoms with E-state index in [2.05, 4.69) is 10.4 Å². The van der Waals surface area contributed by atoms with Gasteiger partial charge in [-0.2, -0.15) is 5.10 Å². The Hall–Kier alpha value is -5.29. The fourth-order valence-electron chi connectivity index (χ4n) is 4.51. The second kappa shape index (κ2) is 11.3. The maximum atomic E-state index is 15.3. The predicted molar refractivity (Wildman–Crippen MR) is 156 cm³/mol. The second-order valence-electron chi connectivity index (χ2n) is 9.04. The second-order valence-corrected chi connectivity index (χ2v) is 9.98. The fraction of sp³-hybridized carbons (Fsp3) is 0.0645. The monoisotopic (exact) mass is 584 g/mol. The summed E-state index contributed by atoms with van der Waals surface area (Å²) < 4.78 is 43.0. The van der Waals surface area contributed by atoms with Crippen molar-refractivity contribution in [2.45, 2.75) is 6.92 Å². The first-order valence-electron chi connectivity index (χ1n) is 12.9. The Bertz CT molecular complexity index is 1970. The van der Waals surface area contributed by atoms with Crippen LogP contribution in [0.5, 0.6) is 17.2 Å². The molecule has 0 radical (unpaired) electrons. The van der Waals surface area contributed by atoms with Gasteiger partial charge in [-0.3, -0.25) is 14.2 Å². The van der Waals surface area contributed by atoms with Gasteiger partial charge in [-0.15, -0.1) is 11.3 Å². The fourth-order valence-corrected chi connectivity index (χ4v) is 5.26. The van der Waals surface area contributed by atoms with Crippen molar-refractivity contribution >= 4 is 28.4 Å². The largest absolute Gasteiger partial charge is 0.493 e. The molecule has 0 aliphatic rings. The molecule has 210 valence electrons. The lowest BCUT2D eigenvalue weighted by atomic mass is 10.2. The van der Waals surface area contributed by atoms with E-state index >= 15 is 4.39 Å². The molecule has 0 saturated carbocycles. The molecule has 0 saturated heterocycles. The summed E-state index contributed by atoms with van der Waals surface area (Å²) in [6.45, 7) is 1.92. The van der Waals surface area contributed by atoms with Gasteiger partial charge in [0.1, 0.15) is 22.6 Å². The summed E-state index contributed by atoms with van der Waals surface area (Å²) in [5, 5.41) is 8.85. The first-order chi connectivity index (χ1) is 20.4. The molecule has 0 bridgehead atoms. The number of pyridine rings is 1. The maximum absolute atomic E-state index is 15.3. The van der Waals surface area contributed by atoms with Gasteiger partial charge in [0.2, 0.25) is 0 Å². The number of nitrogens with zero attached hydrogens (tertiary/aromatic N) is 3. The van der Waals surface area contributed by atoms with Crippen LogP contribution < -0.4 is 20.3 Å². The van der Waals surface area contributed by atoms with Gasteiger partial charge >= 0.3 is 0 Å². The minimum Gasteiger partial charge on any atom is -0.493 e. The number of thiophene rings is 1. The topological polar surface area (TPSA) is 86.9 Å². The third kappa shape index (κ3) is 5.13. The zero-order chi connectivity index (χ0) is 29.2. The number of aromatic nitrogens is 3. The highest BCUT2D eigenvalue weighted by Gasteiger charge is 2.21. The Morgan fingerprint density at radius 3 is 2.55 bits per heavy atom. The first kappa shape index (κ1) is 26.9. The highest BCUT2D eigenvalue weighted by Crippen LogP contribution is 2.37. The average Bonchev–Trinajstić information content (AvgIpc) is 3.66. The number of hydrogen-bond donors (Lipinski definition) is 1. The van der Waals surface area contributed by atoms with Crippen molar-refractivity contribution in [3.63, 3.8) is 0 Å². The van der Waals surface area contributed by atoms with E-state index in [1.165, 1.54) is 53.2 Å². The van der Waals surface area contributed by atoms with E-state index < -0.39 is 23.1 Å². The van der Waals surface area contributed by atoms with Gasteiger partial charge in [-0.05, 0) is 66.9 Å². The van der Waals surface area contributed by atoms with Crippen LogP contribution in [0.25, 0.3) is 21.6 Å².